The van der Waals surface area contributed by atoms with Crippen LogP contribution in [-0.2, 0) is 6.54 Å². The van der Waals surface area contributed by atoms with E-state index in [0.717, 1.165) is 0 Å². The lowest BCUT2D eigenvalue weighted by Gasteiger charge is -2.12. The monoisotopic (exact) mass is 298 g/mol. The number of halogens is 3. The molecule has 0 radical (unpaired) electrons. The van der Waals surface area contributed by atoms with Crippen LogP contribution in [0.25, 0.3) is 0 Å². The third-order valence-corrected chi connectivity index (χ3v) is 3.15. The number of hydrogen-bond donors (Lipinski definition) is 1. The molecule has 104 valence electrons. The number of benzene rings is 1. The van der Waals surface area contributed by atoms with Crippen molar-refractivity contribution >= 4 is 17.4 Å². The molecule has 1 aromatic heterocycles. The summed E-state index contributed by atoms with van der Waals surface area (Å²) in [5, 5.41) is 11.5. The predicted molar refractivity (Wildman–Crippen MR) is 69.1 cm³/mol. The second-order valence-electron chi connectivity index (χ2n) is 3.78. The van der Waals surface area contributed by atoms with Crippen LogP contribution in [0.4, 0.5) is 18.9 Å². The van der Waals surface area contributed by atoms with Gasteiger partial charge in [0, 0.05) is 10.6 Å². The third kappa shape index (κ3) is 3.96. The number of nitrogens with zero attached hydrogens (tertiary/aromatic N) is 1. The van der Waals surface area contributed by atoms with Gasteiger partial charge in [-0.15, -0.1) is 0 Å². The lowest BCUT2D eigenvalue weighted by molar-refractivity contribution is -0.0327. The predicted octanol–water partition coefficient (Wildman–Crippen LogP) is 4.38. The van der Waals surface area contributed by atoms with E-state index in [1.165, 1.54) is 12.1 Å². The van der Waals surface area contributed by atoms with Crippen LogP contribution >= 0.6 is 11.8 Å². The summed E-state index contributed by atoms with van der Waals surface area (Å²) < 4.78 is 42.4. The number of thioether (sulfide) groups is 1. The minimum absolute atomic E-state index is 0.0899. The lowest BCUT2D eigenvalue weighted by atomic mass is 10.3. The van der Waals surface area contributed by atoms with Crippen LogP contribution in [0, 0.1) is 11.3 Å². The van der Waals surface area contributed by atoms with Gasteiger partial charge < -0.3 is 9.73 Å². The average molecular weight is 298 g/mol. The lowest BCUT2D eigenvalue weighted by Crippen LogP contribution is -2.03. The van der Waals surface area contributed by atoms with Gasteiger partial charge >= 0.3 is 5.51 Å². The second kappa shape index (κ2) is 5.92. The van der Waals surface area contributed by atoms with E-state index in [1.54, 1.807) is 24.3 Å². The van der Waals surface area contributed by atoms with Crippen molar-refractivity contribution in [3.8, 4) is 6.07 Å². The van der Waals surface area contributed by atoms with Crippen molar-refractivity contribution in [3.05, 3.63) is 47.9 Å². The zero-order chi connectivity index (χ0) is 14.6. The molecule has 1 N–H and O–H groups in total. The van der Waals surface area contributed by atoms with Gasteiger partial charge in [-0.25, -0.2) is 0 Å². The molecule has 0 bridgehead atoms. The van der Waals surface area contributed by atoms with Gasteiger partial charge in [0.1, 0.15) is 11.8 Å². The van der Waals surface area contributed by atoms with E-state index in [4.69, 9.17) is 9.68 Å². The highest BCUT2D eigenvalue weighted by Gasteiger charge is 2.30. The van der Waals surface area contributed by atoms with Crippen LogP contribution in [0.2, 0.25) is 0 Å². The highest BCUT2D eigenvalue weighted by Crippen LogP contribution is 2.40. The Morgan fingerprint density at radius 3 is 2.60 bits per heavy atom. The van der Waals surface area contributed by atoms with Gasteiger partial charge in [-0.05, 0) is 36.0 Å². The summed E-state index contributed by atoms with van der Waals surface area (Å²) in [6.07, 6.45) is 0. The largest absolute Gasteiger partial charge is 0.449 e. The van der Waals surface area contributed by atoms with Crippen molar-refractivity contribution in [1.29, 1.82) is 5.26 Å². The van der Waals surface area contributed by atoms with Crippen LogP contribution in [0.15, 0.2) is 45.7 Å². The van der Waals surface area contributed by atoms with Crippen molar-refractivity contribution in [2.24, 2.45) is 0 Å². The number of hydrogen-bond acceptors (Lipinski definition) is 4. The third-order valence-electron chi connectivity index (χ3n) is 2.34. The molecule has 0 amide bonds. The first-order valence-electron chi connectivity index (χ1n) is 5.55. The number of nitriles is 1. The molecule has 1 aromatic carbocycles. The van der Waals surface area contributed by atoms with Gasteiger partial charge in [0.05, 0.1) is 6.54 Å². The quantitative estimate of drug-likeness (QED) is 0.851. The van der Waals surface area contributed by atoms with E-state index < -0.39 is 5.51 Å². The molecule has 0 aliphatic heterocycles. The summed E-state index contributed by atoms with van der Waals surface area (Å²) in [5.74, 6) is 0.646. The minimum Gasteiger partial charge on any atom is -0.449 e. The number of furan rings is 1. The fraction of sp³-hybridized carbons (Fsp3) is 0.154. The van der Waals surface area contributed by atoms with Gasteiger partial charge in [-0.1, -0.05) is 12.1 Å². The topological polar surface area (TPSA) is 49.0 Å². The Hall–Kier alpha value is -2.07. The Labute approximate surface area is 117 Å². The summed E-state index contributed by atoms with van der Waals surface area (Å²) in [6, 6.07) is 11.1. The molecule has 3 nitrogen and oxygen atoms in total. The summed E-state index contributed by atoms with van der Waals surface area (Å²) in [5.41, 5.74) is -3.97. The van der Waals surface area contributed by atoms with E-state index >= 15 is 0 Å². The first-order valence-corrected chi connectivity index (χ1v) is 6.37. The first-order chi connectivity index (χ1) is 9.48. The number of anilines is 1. The molecule has 20 heavy (non-hydrogen) atoms. The van der Waals surface area contributed by atoms with E-state index in [2.05, 4.69) is 5.32 Å². The van der Waals surface area contributed by atoms with Gasteiger partial charge in [0.2, 0.25) is 5.76 Å². The molecule has 2 rings (SSSR count). The Balaban J connectivity index is 2.07. The summed E-state index contributed by atoms with van der Waals surface area (Å²) in [4.78, 5) is 0.0899. The van der Waals surface area contributed by atoms with Crippen molar-refractivity contribution in [1.82, 2.24) is 0 Å². The standard InChI is InChI=1S/C13H9F3N2OS/c14-13(15,16)20-12-4-2-1-3-11(12)18-8-10-6-5-9(7-17)19-10/h1-6,18H,8H2. The minimum atomic E-state index is -4.34. The zero-order valence-corrected chi connectivity index (χ0v) is 10.9. The van der Waals surface area contributed by atoms with Gasteiger partial charge in [0.25, 0.3) is 0 Å². The van der Waals surface area contributed by atoms with Crippen LogP contribution in [0.5, 0.6) is 0 Å². The summed E-state index contributed by atoms with van der Waals surface area (Å²) >= 11 is -0.173. The second-order valence-corrected chi connectivity index (χ2v) is 4.88. The molecule has 0 saturated carbocycles. The summed E-state index contributed by atoms with van der Waals surface area (Å²) in [6.45, 7) is 0.205. The van der Waals surface area contributed by atoms with E-state index in [9.17, 15) is 13.2 Å². The fourth-order valence-electron chi connectivity index (χ4n) is 1.54. The summed E-state index contributed by atoms with van der Waals surface area (Å²) in [7, 11) is 0. The van der Waals surface area contributed by atoms with Gasteiger partial charge in [-0.3, -0.25) is 0 Å². The number of para-hydroxylation sites is 1. The smallest absolute Gasteiger partial charge is 0.446 e. The van der Waals surface area contributed by atoms with Crippen molar-refractivity contribution in [2.45, 2.75) is 16.9 Å². The van der Waals surface area contributed by atoms with Crippen LogP contribution in [-0.4, -0.2) is 5.51 Å². The van der Waals surface area contributed by atoms with E-state index in [1.807, 2.05) is 6.07 Å². The number of rotatable bonds is 4. The molecular formula is C13H9F3N2OS. The van der Waals surface area contributed by atoms with Crippen molar-refractivity contribution < 1.29 is 17.6 Å². The number of alkyl halides is 3. The maximum atomic E-state index is 12.4. The Kier molecular flexibility index (Phi) is 4.25. The maximum absolute atomic E-state index is 12.4. The first kappa shape index (κ1) is 14.3. The van der Waals surface area contributed by atoms with E-state index in [-0.39, 0.29) is 29.0 Å². The molecule has 0 unspecified atom stereocenters. The molecular weight excluding hydrogens is 289 g/mol. The molecule has 0 spiro atoms. The molecule has 0 aliphatic rings. The van der Waals surface area contributed by atoms with Crippen molar-refractivity contribution in [3.63, 3.8) is 0 Å². The Morgan fingerprint density at radius 1 is 1.20 bits per heavy atom. The Bertz CT molecular complexity index is 631. The molecule has 0 fully saturated rings. The van der Waals surface area contributed by atoms with Gasteiger partial charge in [-0.2, -0.15) is 18.4 Å². The number of nitrogens with one attached hydrogen (secondary N) is 1. The molecule has 7 heteroatoms. The Morgan fingerprint density at radius 2 is 1.95 bits per heavy atom. The van der Waals surface area contributed by atoms with Crippen LogP contribution < -0.4 is 5.32 Å². The fourth-order valence-corrected chi connectivity index (χ4v) is 2.19. The highest BCUT2D eigenvalue weighted by atomic mass is 32.2. The normalized spacial score (nSPS) is 11.1. The SMILES string of the molecule is N#Cc1ccc(CNc2ccccc2SC(F)(F)F)o1. The van der Waals surface area contributed by atoms with E-state index in [0.29, 0.717) is 11.4 Å². The molecule has 0 saturated heterocycles. The molecule has 1 heterocycles. The molecule has 2 aromatic rings. The molecule has 0 aliphatic carbocycles. The van der Waals surface area contributed by atoms with Crippen molar-refractivity contribution in [2.75, 3.05) is 5.32 Å². The van der Waals surface area contributed by atoms with Gasteiger partial charge in [0.15, 0.2) is 0 Å². The average Bonchev–Trinajstić information content (AvgIpc) is 2.84. The van der Waals surface area contributed by atoms with Crippen LogP contribution in [0.1, 0.15) is 11.5 Å². The van der Waals surface area contributed by atoms with Crippen LogP contribution in [0.3, 0.4) is 0 Å². The maximum Gasteiger partial charge on any atom is 0.446 e. The molecule has 0 atom stereocenters. The highest BCUT2D eigenvalue weighted by molar-refractivity contribution is 8.00. The zero-order valence-electron chi connectivity index (χ0n) is 10.1.